The molecule has 3 nitrogen and oxygen atoms in total. The van der Waals surface area contributed by atoms with Crippen molar-refractivity contribution in [1.82, 2.24) is 10.2 Å². The lowest BCUT2D eigenvalue weighted by atomic mass is 9.77. The number of hydrogen-bond donors (Lipinski definition) is 1. The minimum Gasteiger partial charge on any atom is -0.342 e. The third-order valence-corrected chi connectivity index (χ3v) is 5.48. The standard InChI is InChI=1S/C15H26N2O/c1-2-3-15(4-5-15)13(18)17-10-7-14(8-11-17)6-9-16-12-14/h16H,2-12H2,1H3. The molecular formula is C15H26N2O. The highest BCUT2D eigenvalue weighted by Crippen LogP contribution is 2.51. The zero-order valence-corrected chi connectivity index (χ0v) is 11.6. The molecule has 0 aromatic heterocycles. The summed E-state index contributed by atoms with van der Waals surface area (Å²) < 4.78 is 0. The van der Waals surface area contributed by atoms with Crippen LogP contribution in [0.5, 0.6) is 0 Å². The molecule has 1 N–H and O–H groups in total. The van der Waals surface area contributed by atoms with Crippen molar-refractivity contribution in [2.24, 2.45) is 10.8 Å². The Morgan fingerprint density at radius 2 is 1.89 bits per heavy atom. The van der Waals surface area contributed by atoms with Crippen LogP contribution in [0.4, 0.5) is 0 Å². The lowest BCUT2D eigenvalue weighted by molar-refractivity contribution is -0.139. The van der Waals surface area contributed by atoms with E-state index in [0.717, 1.165) is 38.8 Å². The monoisotopic (exact) mass is 250 g/mol. The maximum atomic E-state index is 12.6. The van der Waals surface area contributed by atoms with Gasteiger partial charge in [0, 0.05) is 25.0 Å². The van der Waals surface area contributed by atoms with Crippen LogP contribution in [0.3, 0.4) is 0 Å². The quantitative estimate of drug-likeness (QED) is 0.832. The molecule has 3 rings (SSSR count). The van der Waals surface area contributed by atoms with Crippen LogP contribution < -0.4 is 5.32 Å². The first-order valence-corrected chi connectivity index (χ1v) is 7.70. The van der Waals surface area contributed by atoms with Crippen LogP contribution >= 0.6 is 0 Å². The summed E-state index contributed by atoms with van der Waals surface area (Å²) in [5.74, 6) is 0.477. The molecular weight excluding hydrogens is 224 g/mol. The van der Waals surface area contributed by atoms with Gasteiger partial charge in [0.15, 0.2) is 0 Å². The summed E-state index contributed by atoms with van der Waals surface area (Å²) in [5, 5.41) is 3.49. The highest BCUT2D eigenvalue weighted by molar-refractivity contribution is 5.85. The Morgan fingerprint density at radius 3 is 2.39 bits per heavy atom. The fourth-order valence-electron chi connectivity index (χ4n) is 3.94. The number of carbonyl (C=O) groups is 1. The van der Waals surface area contributed by atoms with Gasteiger partial charge in [-0.25, -0.2) is 0 Å². The van der Waals surface area contributed by atoms with Crippen molar-refractivity contribution in [3.05, 3.63) is 0 Å². The van der Waals surface area contributed by atoms with Crippen LogP contribution in [0.2, 0.25) is 0 Å². The van der Waals surface area contributed by atoms with Crippen LogP contribution in [0.1, 0.15) is 51.9 Å². The van der Waals surface area contributed by atoms with Crippen molar-refractivity contribution in [3.63, 3.8) is 0 Å². The molecule has 0 radical (unpaired) electrons. The number of rotatable bonds is 3. The SMILES string of the molecule is CCCC1(C(=O)N2CCC3(CCNC3)CC2)CC1. The van der Waals surface area contributed by atoms with Gasteiger partial charge in [-0.05, 0) is 50.5 Å². The summed E-state index contributed by atoms with van der Waals surface area (Å²) in [6.07, 6.45) is 8.28. The lowest BCUT2D eigenvalue weighted by Crippen LogP contribution is -2.46. The third kappa shape index (κ3) is 2.07. The van der Waals surface area contributed by atoms with E-state index in [2.05, 4.69) is 17.1 Å². The molecule has 3 heteroatoms. The first kappa shape index (κ1) is 12.5. The van der Waals surface area contributed by atoms with Gasteiger partial charge < -0.3 is 10.2 Å². The average Bonchev–Trinajstić information content (AvgIpc) is 3.04. The van der Waals surface area contributed by atoms with Crippen LogP contribution in [0.15, 0.2) is 0 Å². The average molecular weight is 250 g/mol. The molecule has 0 aromatic rings. The van der Waals surface area contributed by atoms with Crippen molar-refractivity contribution in [2.45, 2.75) is 51.9 Å². The molecule has 18 heavy (non-hydrogen) atoms. The Kier molecular flexibility index (Phi) is 3.13. The minimum absolute atomic E-state index is 0.0766. The van der Waals surface area contributed by atoms with Crippen molar-refractivity contribution < 1.29 is 4.79 Å². The maximum absolute atomic E-state index is 12.6. The third-order valence-electron chi connectivity index (χ3n) is 5.48. The fraction of sp³-hybridized carbons (Fsp3) is 0.933. The maximum Gasteiger partial charge on any atom is 0.228 e. The van der Waals surface area contributed by atoms with Gasteiger partial charge in [0.25, 0.3) is 0 Å². The molecule has 2 saturated heterocycles. The molecule has 2 heterocycles. The molecule has 3 aliphatic rings. The van der Waals surface area contributed by atoms with E-state index in [1.807, 2.05) is 0 Å². The molecule has 0 aromatic carbocycles. The van der Waals surface area contributed by atoms with Gasteiger partial charge in [-0.15, -0.1) is 0 Å². The molecule has 1 saturated carbocycles. The van der Waals surface area contributed by atoms with Crippen molar-refractivity contribution in [1.29, 1.82) is 0 Å². The van der Waals surface area contributed by atoms with Crippen molar-refractivity contribution >= 4 is 5.91 Å². The van der Waals surface area contributed by atoms with Gasteiger partial charge in [0.2, 0.25) is 5.91 Å². The Balaban J connectivity index is 1.58. The second kappa shape index (κ2) is 4.52. The first-order chi connectivity index (χ1) is 8.70. The van der Waals surface area contributed by atoms with Crippen LogP contribution in [0.25, 0.3) is 0 Å². The number of likely N-dealkylation sites (tertiary alicyclic amines) is 1. The Hall–Kier alpha value is -0.570. The summed E-state index contributed by atoms with van der Waals surface area (Å²) in [5.41, 5.74) is 0.603. The van der Waals surface area contributed by atoms with E-state index in [4.69, 9.17) is 0 Å². The number of piperidine rings is 1. The summed E-state index contributed by atoms with van der Waals surface area (Å²) in [4.78, 5) is 14.8. The molecule has 0 bridgehead atoms. The number of nitrogens with one attached hydrogen (secondary N) is 1. The number of nitrogens with zero attached hydrogens (tertiary/aromatic N) is 1. The van der Waals surface area contributed by atoms with E-state index in [1.54, 1.807) is 0 Å². The molecule has 3 fully saturated rings. The van der Waals surface area contributed by atoms with Crippen LogP contribution in [0, 0.1) is 10.8 Å². The second-order valence-corrected chi connectivity index (χ2v) is 6.75. The van der Waals surface area contributed by atoms with Gasteiger partial charge in [-0.2, -0.15) is 0 Å². The number of hydrogen-bond acceptors (Lipinski definition) is 2. The van der Waals surface area contributed by atoms with Gasteiger partial charge >= 0.3 is 0 Å². The van der Waals surface area contributed by atoms with Gasteiger partial charge in [0.05, 0.1) is 0 Å². The summed E-state index contributed by atoms with van der Waals surface area (Å²) in [6, 6.07) is 0. The van der Waals surface area contributed by atoms with Gasteiger partial charge in [0.1, 0.15) is 0 Å². The molecule has 0 atom stereocenters. The molecule has 0 unspecified atom stereocenters. The number of carbonyl (C=O) groups excluding carboxylic acids is 1. The highest BCUT2D eigenvalue weighted by atomic mass is 16.2. The zero-order valence-electron chi connectivity index (χ0n) is 11.6. The molecule has 1 aliphatic carbocycles. The zero-order chi connectivity index (χ0) is 12.6. The molecule has 1 amide bonds. The molecule has 102 valence electrons. The largest absolute Gasteiger partial charge is 0.342 e. The van der Waals surface area contributed by atoms with Gasteiger partial charge in [-0.3, -0.25) is 4.79 Å². The van der Waals surface area contributed by atoms with E-state index in [-0.39, 0.29) is 5.41 Å². The minimum atomic E-state index is 0.0766. The summed E-state index contributed by atoms with van der Waals surface area (Å²) in [7, 11) is 0. The van der Waals surface area contributed by atoms with Gasteiger partial charge in [-0.1, -0.05) is 13.3 Å². The smallest absolute Gasteiger partial charge is 0.228 e. The van der Waals surface area contributed by atoms with Crippen LogP contribution in [-0.4, -0.2) is 37.0 Å². The molecule has 1 spiro atoms. The van der Waals surface area contributed by atoms with Crippen LogP contribution in [-0.2, 0) is 4.79 Å². The topological polar surface area (TPSA) is 32.3 Å². The van der Waals surface area contributed by atoms with E-state index in [0.29, 0.717) is 11.3 Å². The van der Waals surface area contributed by atoms with E-state index >= 15 is 0 Å². The lowest BCUT2D eigenvalue weighted by Gasteiger charge is -2.40. The Morgan fingerprint density at radius 1 is 1.17 bits per heavy atom. The molecule has 2 aliphatic heterocycles. The highest BCUT2D eigenvalue weighted by Gasteiger charge is 2.51. The normalized spacial score (nSPS) is 28.6. The Bertz CT molecular complexity index is 319. The number of amides is 1. The van der Waals surface area contributed by atoms with E-state index in [1.165, 1.54) is 32.4 Å². The Labute approximate surface area is 110 Å². The second-order valence-electron chi connectivity index (χ2n) is 6.75. The summed E-state index contributed by atoms with van der Waals surface area (Å²) >= 11 is 0. The fourth-order valence-corrected chi connectivity index (χ4v) is 3.94. The van der Waals surface area contributed by atoms with E-state index in [9.17, 15) is 4.79 Å². The van der Waals surface area contributed by atoms with E-state index < -0.39 is 0 Å². The predicted octanol–water partition coefficient (Wildman–Crippen LogP) is 2.17. The van der Waals surface area contributed by atoms with Crippen molar-refractivity contribution in [2.75, 3.05) is 26.2 Å². The predicted molar refractivity (Wildman–Crippen MR) is 72.3 cm³/mol. The summed E-state index contributed by atoms with van der Waals surface area (Å²) in [6.45, 7) is 6.56. The van der Waals surface area contributed by atoms with Crippen molar-refractivity contribution in [3.8, 4) is 0 Å². The first-order valence-electron chi connectivity index (χ1n) is 7.70.